The summed E-state index contributed by atoms with van der Waals surface area (Å²) in [4.78, 5) is 29.9. The van der Waals surface area contributed by atoms with Crippen LogP contribution in [-0.4, -0.2) is 33.6 Å². The van der Waals surface area contributed by atoms with E-state index in [0.717, 1.165) is 38.8 Å². The van der Waals surface area contributed by atoms with Gasteiger partial charge >= 0.3 is 5.69 Å². The van der Waals surface area contributed by atoms with Gasteiger partial charge in [0.1, 0.15) is 5.15 Å². The van der Waals surface area contributed by atoms with Gasteiger partial charge in [-0.3, -0.25) is 19.2 Å². The van der Waals surface area contributed by atoms with Crippen LogP contribution in [0, 0.1) is 0 Å². The zero-order chi connectivity index (χ0) is 14.3. The molecular weight excluding hydrogens is 278 g/mol. The van der Waals surface area contributed by atoms with Gasteiger partial charge in [-0.15, -0.1) is 0 Å². The third kappa shape index (κ3) is 2.13. The molecule has 0 bridgehead atoms. The second-order valence-corrected chi connectivity index (χ2v) is 6.13. The van der Waals surface area contributed by atoms with Gasteiger partial charge in [0.2, 0.25) is 0 Å². The Hall–Kier alpha value is -1.07. The molecule has 2 fully saturated rings. The van der Waals surface area contributed by atoms with Crippen molar-refractivity contribution in [3.63, 3.8) is 0 Å². The summed E-state index contributed by atoms with van der Waals surface area (Å²) in [5.41, 5.74) is -0.0110. The SMILES string of the molecule is CCCc1c(Cl)[nH]c(=O)n(C2CCN3CCCC23)c1=O. The van der Waals surface area contributed by atoms with Crippen LogP contribution in [0.25, 0.3) is 0 Å². The molecule has 110 valence electrons. The smallest absolute Gasteiger partial charge is 0.298 e. The number of nitrogens with one attached hydrogen (secondary N) is 1. The maximum atomic E-state index is 12.6. The fourth-order valence-electron chi connectivity index (χ4n) is 3.69. The Morgan fingerprint density at radius 1 is 1.25 bits per heavy atom. The number of hydrogen-bond acceptors (Lipinski definition) is 3. The fraction of sp³-hybridized carbons (Fsp3) is 0.714. The van der Waals surface area contributed by atoms with Crippen molar-refractivity contribution >= 4 is 11.6 Å². The van der Waals surface area contributed by atoms with E-state index < -0.39 is 0 Å². The van der Waals surface area contributed by atoms with E-state index in [4.69, 9.17) is 11.6 Å². The van der Waals surface area contributed by atoms with Gasteiger partial charge < -0.3 is 0 Å². The summed E-state index contributed by atoms with van der Waals surface area (Å²) >= 11 is 6.02. The Balaban J connectivity index is 2.07. The normalized spacial score (nSPS) is 26.1. The second-order valence-electron chi connectivity index (χ2n) is 5.75. The minimum Gasteiger partial charge on any atom is -0.298 e. The number of nitrogens with zero attached hydrogens (tertiary/aromatic N) is 2. The molecule has 0 amide bonds. The molecule has 2 atom stereocenters. The van der Waals surface area contributed by atoms with Gasteiger partial charge in [0.05, 0.1) is 11.6 Å². The third-order valence-electron chi connectivity index (χ3n) is 4.58. The summed E-state index contributed by atoms with van der Waals surface area (Å²) in [6.45, 7) is 4.07. The van der Waals surface area contributed by atoms with Crippen LogP contribution < -0.4 is 11.2 Å². The van der Waals surface area contributed by atoms with Crippen molar-refractivity contribution in [2.24, 2.45) is 0 Å². The van der Waals surface area contributed by atoms with Gasteiger partial charge in [-0.2, -0.15) is 0 Å². The fourth-order valence-corrected chi connectivity index (χ4v) is 3.94. The highest BCUT2D eigenvalue weighted by Gasteiger charge is 2.39. The lowest BCUT2D eigenvalue weighted by Gasteiger charge is -2.22. The number of hydrogen-bond donors (Lipinski definition) is 1. The zero-order valence-electron chi connectivity index (χ0n) is 11.7. The molecule has 6 heteroatoms. The van der Waals surface area contributed by atoms with Crippen LogP contribution in [0.4, 0.5) is 0 Å². The second kappa shape index (κ2) is 5.37. The van der Waals surface area contributed by atoms with E-state index in [1.54, 1.807) is 0 Å². The quantitative estimate of drug-likeness (QED) is 0.861. The maximum Gasteiger partial charge on any atom is 0.329 e. The molecule has 0 aliphatic carbocycles. The topological polar surface area (TPSA) is 58.1 Å². The summed E-state index contributed by atoms with van der Waals surface area (Å²) in [7, 11) is 0. The first-order valence-corrected chi connectivity index (χ1v) is 7.78. The van der Waals surface area contributed by atoms with Crippen molar-refractivity contribution in [3.05, 3.63) is 31.6 Å². The zero-order valence-corrected chi connectivity index (χ0v) is 12.4. The van der Waals surface area contributed by atoms with Crippen LogP contribution in [0.1, 0.15) is 44.2 Å². The van der Waals surface area contributed by atoms with Crippen LogP contribution in [-0.2, 0) is 6.42 Å². The van der Waals surface area contributed by atoms with Gasteiger partial charge in [-0.25, -0.2) is 4.79 Å². The van der Waals surface area contributed by atoms with Crippen LogP contribution in [0.2, 0.25) is 5.15 Å². The van der Waals surface area contributed by atoms with E-state index in [1.165, 1.54) is 4.57 Å². The Kier molecular flexibility index (Phi) is 3.73. The summed E-state index contributed by atoms with van der Waals surface area (Å²) in [6, 6.07) is 0.339. The largest absolute Gasteiger partial charge is 0.329 e. The first kappa shape index (κ1) is 13.9. The number of aromatic nitrogens is 2. The minimum absolute atomic E-state index is 0.00150. The standard InChI is InChI=1S/C14H20ClN3O2/c1-2-4-9-12(15)16-14(20)18(13(9)19)11-6-8-17-7-3-5-10(11)17/h10-11H,2-8H2,1H3,(H,16,20). The molecule has 3 rings (SSSR count). The van der Waals surface area contributed by atoms with E-state index in [9.17, 15) is 9.59 Å². The summed E-state index contributed by atoms with van der Waals surface area (Å²) in [6.07, 6.45) is 4.54. The highest BCUT2D eigenvalue weighted by atomic mass is 35.5. The van der Waals surface area contributed by atoms with Crippen LogP contribution in [0.5, 0.6) is 0 Å². The number of fused-ring (bicyclic) bond motifs is 1. The van der Waals surface area contributed by atoms with Gasteiger partial charge in [-0.05, 0) is 32.2 Å². The average molecular weight is 298 g/mol. The van der Waals surface area contributed by atoms with E-state index in [2.05, 4.69) is 9.88 Å². The molecule has 1 N–H and O–H groups in total. The van der Waals surface area contributed by atoms with Gasteiger partial charge in [0, 0.05) is 12.6 Å². The maximum absolute atomic E-state index is 12.6. The third-order valence-corrected chi connectivity index (χ3v) is 4.90. The van der Waals surface area contributed by atoms with Crippen molar-refractivity contribution in [2.75, 3.05) is 13.1 Å². The Morgan fingerprint density at radius 3 is 2.80 bits per heavy atom. The summed E-state index contributed by atoms with van der Waals surface area (Å²) in [5, 5.41) is 0.208. The molecule has 2 saturated heterocycles. The first-order valence-electron chi connectivity index (χ1n) is 7.40. The number of halogens is 1. The minimum atomic E-state index is -0.362. The van der Waals surface area contributed by atoms with E-state index in [-0.39, 0.29) is 22.4 Å². The molecule has 2 aliphatic rings. The lowest BCUT2D eigenvalue weighted by Crippen LogP contribution is -2.43. The van der Waals surface area contributed by atoms with Crippen LogP contribution in [0.15, 0.2) is 9.59 Å². The van der Waals surface area contributed by atoms with Crippen LogP contribution >= 0.6 is 11.6 Å². The van der Waals surface area contributed by atoms with Crippen LogP contribution in [0.3, 0.4) is 0 Å². The van der Waals surface area contributed by atoms with Gasteiger partial charge in [0.25, 0.3) is 5.56 Å². The van der Waals surface area contributed by atoms with Crippen molar-refractivity contribution in [1.29, 1.82) is 0 Å². The van der Waals surface area contributed by atoms with Crippen molar-refractivity contribution in [2.45, 2.75) is 51.1 Å². The van der Waals surface area contributed by atoms with Crippen molar-refractivity contribution in [3.8, 4) is 0 Å². The molecule has 0 spiro atoms. The molecular formula is C14H20ClN3O2. The van der Waals surface area contributed by atoms with Crippen molar-refractivity contribution < 1.29 is 0 Å². The molecule has 2 unspecified atom stereocenters. The lowest BCUT2D eigenvalue weighted by atomic mass is 10.1. The first-order chi connectivity index (χ1) is 9.63. The predicted molar refractivity (Wildman–Crippen MR) is 78.6 cm³/mol. The average Bonchev–Trinajstić information content (AvgIpc) is 2.98. The molecule has 3 heterocycles. The van der Waals surface area contributed by atoms with Crippen molar-refractivity contribution in [1.82, 2.24) is 14.5 Å². The van der Waals surface area contributed by atoms with Gasteiger partial charge in [-0.1, -0.05) is 24.9 Å². The predicted octanol–water partition coefficient (Wildman–Crippen LogP) is 1.55. The molecule has 5 nitrogen and oxygen atoms in total. The highest BCUT2D eigenvalue weighted by Crippen LogP contribution is 2.34. The highest BCUT2D eigenvalue weighted by molar-refractivity contribution is 6.30. The Morgan fingerprint density at radius 2 is 2.05 bits per heavy atom. The molecule has 0 radical (unpaired) electrons. The molecule has 2 aliphatic heterocycles. The Labute approximate surface area is 122 Å². The Bertz CT molecular complexity index is 622. The molecule has 0 aromatic carbocycles. The monoisotopic (exact) mass is 297 g/mol. The molecule has 1 aromatic rings. The van der Waals surface area contributed by atoms with Gasteiger partial charge in [0.15, 0.2) is 0 Å². The number of H-pyrrole nitrogens is 1. The van der Waals surface area contributed by atoms with E-state index in [0.29, 0.717) is 18.0 Å². The number of aromatic amines is 1. The summed E-state index contributed by atoms with van der Waals surface area (Å²) < 4.78 is 1.42. The molecule has 20 heavy (non-hydrogen) atoms. The van der Waals surface area contributed by atoms with E-state index >= 15 is 0 Å². The van der Waals surface area contributed by atoms with E-state index in [1.807, 2.05) is 6.92 Å². The number of rotatable bonds is 3. The summed E-state index contributed by atoms with van der Waals surface area (Å²) in [5.74, 6) is 0. The molecule has 1 aromatic heterocycles. The molecule has 0 saturated carbocycles. The lowest BCUT2D eigenvalue weighted by molar-refractivity contribution is 0.284.